The Labute approximate surface area is 81.0 Å². The molecule has 0 bridgehead atoms. The predicted octanol–water partition coefficient (Wildman–Crippen LogP) is 3.56. The Bertz CT molecular complexity index is 248. The minimum Gasteiger partial charge on any atom is -0.398 e. The molecule has 0 aliphatic heterocycles. The molecule has 0 radical (unpaired) electrons. The van der Waals surface area contributed by atoms with Gasteiger partial charge >= 0.3 is 0 Å². The summed E-state index contributed by atoms with van der Waals surface area (Å²) in [5, 5.41) is 0. The second-order valence-corrected chi connectivity index (χ2v) is 3.84. The molecule has 1 aromatic rings. The Morgan fingerprint density at radius 1 is 1.08 bits per heavy atom. The van der Waals surface area contributed by atoms with Crippen LogP contribution in [0.3, 0.4) is 0 Å². The highest BCUT2D eigenvalue weighted by atomic mass is 14.6. The van der Waals surface area contributed by atoms with E-state index in [-0.39, 0.29) is 0 Å². The predicted molar refractivity (Wildman–Crippen MR) is 58.8 cm³/mol. The summed E-state index contributed by atoms with van der Waals surface area (Å²) in [6.07, 6.45) is 4.50. The lowest BCUT2D eigenvalue weighted by atomic mass is 10.0. The van der Waals surface area contributed by atoms with Gasteiger partial charge in [-0.15, -0.1) is 0 Å². The van der Waals surface area contributed by atoms with E-state index in [1.807, 2.05) is 18.2 Å². The van der Waals surface area contributed by atoms with Crippen LogP contribution in [0.25, 0.3) is 0 Å². The molecule has 1 aromatic carbocycles. The lowest BCUT2D eigenvalue weighted by Gasteiger charge is -2.07. The molecule has 1 saturated carbocycles. The molecule has 1 fully saturated rings. The summed E-state index contributed by atoms with van der Waals surface area (Å²) in [4.78, 5) is 0. The second-order valence-electron chi connectivity index (χ2n) is 3.84. The van der Waals surface area contributed by atoms with Crippen LogP contribution in [0.15, 0.2) is 24.3 Å². The third-order valence-corrected chi connectivity index (χ3v) is 1.97. The number of rotatable bonds is 1. The standard InChI is InChI=1S/C9H13N.C3H6/c1-7(2)8-5-3-4-6-9(8)10;1-2-3-1/h3-7H,10H2,1-2H3;1-3H2. The van der Waals surface area contributed by atoms with E-state index < -0.39 is 0 Å². The monoisotopic (exact) mass is 177 g/mol. The van der Waals surface area contributed by atoms with Crippen molar-refractivity contribution in [3.8, 4) is 0 Å². The molecule has 0 saturated heterocycles. The third-order valence-electron chi connectivity index (χ3n) is 1.97. The van der Waals surface area contributed by atoms with E-state index in [9.17, 15) is 0 Å². The Morgan fingerprint density at radius 2 is 1.62 bits per heavy atom. The molecular formula is C12H19N. The fourth-order valence-electron chi connectivity index (χ4n) is 1.04. The van der Waals surface area contributed by atoms with E-state index in [0.29, 0.717) is 5.92 Å². The number of benzene rings is 1. The molecule has 1 aliphatic rings. The molecule has 72 valence electrons. The smallest absolute Gasteiger partial charge is 0.0349 e. The number of para-hydroxylation sites is 1. The molecule has 13 heavy (non-hydrogen) atoms. The number of nitrogens with two attached hydrogens (primary N) is 1. The van der Waals surface area contributed by atoms with Crippen LogP contribution in [-0.2, 0) is 0 Å². The van der Waals surface area contributed by atoms with Crippen molar-refractivity contribution in [2.75, 3.05) is 5.73 Å². The first kappa shape index (κ1) is 10.1. The van der Waals surface area contributed by atoms with Crippen LogP contribution in [0.1, 0.15) is 44.6 Å². The fourth-order valence-corrected chi connectivity index (χ4v) is 1.04. The normalized spacial score (nSPS) is 13.5. The van der Waals surface area contributed by atoms with Gasteiger partial charge in [-0.2, -0.15) is 0 Å². The summed E-state index contributed by atoms with van der Waals surface area (Å²) in [6, 6.07) is 7.99. The van der Waals surface area contributed by atoms with Gasteiger partial charge < -0.3 is 5.73 Å². The number of nitrogen functional groups attached to an aromatic ring is 1. The number of hydrogen-bond donors (Lipinski definition) is 1. The first-order valence-electron chi connectivity index (χ1n) is 5.06. The molecule has 1 aliphatic carbocycles. The van der Waals surface area contributed by atoms with E-state index in [4.69, 9.17) is 5.73 Å². The van der Waals surface area contributed by atoms with Crippen molar-refractivity contribution in [2.24, 2.45) is 0 Å². The Morgan fingerprint density at radius 3 is 1.92 bits per heavy atom. The van der Waals surface area contributed by atoms with Crippen molar-refractivity contribution in [2.45, 2.75) is 39.0 Å². The quantitative estimate of drug-likeness (QED) is 0.652. The molecule has 2 rings (SSSR count). The van der Waals surface area contributed by atoms with E-state index in [2.05, 4.69) is 19.9 Å². The maximum atomic E-state index is 5.72. The lowest BCUT2D eigenvalue weighted by Crippen LogP contribution is -1.94. The van der Waals surface area contributed by atoms with Gasteiger partial charge in [0.1, 0.15) is 0 Å². The maximum absolute atomic E-state index is 5.72. The van der Waals surface area contributed by atoms with Gasteiger partial charge in [0.15, 0.2) is 0 Å². The number of anilines is 1. The molecule has 0 heterocycles. The van der Waals surface area contributed by atoms with Crippen LogP contribution in [0.4, 0.5) is 5.69 Å². The van der Waals surface area contributed by atoms with Crippen LogP contribution in [0.5, 0.6) is 0 Å². The average molecular weight is 177 g/mol. The molecule has 1 nitrogen and oxygen atoms in total. The Balaban J connectivity index is 0.000000236. The van der Waals surface area contributed by atoms with Crippen molar-refractivity contribution in [1.82, 2.24) is 0 Å². The van der Waals surface area contributed by atoms with E-state index >= 15 is 0 Å². The molecule has 0 unspecified atom stereocenters. The van der Waals surface area contributed by atoms with Crippen molar-refractivity contribution >= 4 is 5.69 Å². The van der Waals surface area contributed by atoms with Gasteiger partial charge in [0.05, 0.1) is 0 Å². The first-order valence-corrected chi connectivity index (χ1v) is 5.06. The van der Waals surface area contributed by atoms with Gasteiger partial charge in [-0.25, -0.2) is 0 Å². The summed E-state index contributed by atoms with van der Waals surface area (Å²) in [5.74, 6) is 0.529. The zero-order valence-electron chi connectivity index (χ0n) is 8.59. The van der Waals surface area contributed by atoms with Crippen molar-refractivity contribution in [3.63, 3.8) is 0 Å². The molecule has 0 atom stereocenters. The molecule has 2 N–H and O–H groups in total. The number of hydrogen-bond acceptors (Lipinski definition) is 1. The van der Waals surface area contributed by atoms with Crippen molar-refractivity contribution in [3.05, 3.63) is 29.8 Å². The highest BCUT2D eigenvalue weighted by Gasteiger charge is 2.00. The Hall–Kier alpha value is -0.980. The maximum Gasteiger partial charge on any atom is 0.0349 e. The molecule has 1 heteroatoms. The van der Waals surface area contributed by atoms with Gasteiger partial charge in [-0.1, -0.05) is 51.3 Å². The molecule has 0 aromatic heterocycles. The fraction of sp³-hybridized carbons (Fsp3) is 0.500. The van der Waals surface area contributed by atoms with E-state index in [0.717, 1.165) is 5.69 Å². The SMILES string of the molecule is C1CC1.CC(C)c1ccccc1N. The highest BCUT2D eigenvalue weighted by Crippen LogP contribution is 2.20. The molecule has 0 amide bonds. The van der Waals surface area contributed by atoms with Crippen LogP contribution in [0.2, 0.25) is 0 Å². The minimum atomic E-state index is 0.529. The minimum absolute atomic E-state index is 0.529. The second kappa shape index (κ2) is 4.90. The first-order chi connectivity index (χ1) is 6.22. The largest absolute Gasteiger partial charge is 0.398 e. The molecular weight excluding hydrogens is 158 g/mol. The van der Waals surface area contributed by atoms with Gasteiger partial charge in [0.25, 0.3) is 0 Å². The Kier molecular flexibility index (Phi) is 3.81. The summed E-state index contributed by atoms with van der Waals surface area (Å²) in [6.45, 7) is 4.29. The third kappa shape index (κ3) is 3.97. The summed E-state index contributed by atoms with van der Waals surface area (Å²) >= 11 is 0. The van der Waals surface area contributed by atoms with Crippen molar-refractivity contribution < 1.29 is 0 Å². The molecule has 0 spiro atoms. The van der Waals surface area contributed by atoms with Gasteiger partial charge in [-0.3, -0.25) is 0 Å². The lowest BCUT2D eigenvalue weighted by molar-refractivity contribution is 0.870. The van der Waals surface area contributed by atoms with Gasteiger partial charge in [0.2, 0.25) is 0 Å². The highest BCUT2D eigenvalue weighted by molar-refractivity contribution is 5.47. The van der Waals surface area contributed by atoms with E-state index in [1.165, 1.54) is 24.8 Å². The zero-order valence-corrected chi connectivity index (χ0v) is 8.59. The van der Waals surface area contributed by atoms with Crippen LogP contribution in [-0.4, -0.2) is 0 Å². The summed E-state index contributed by atoms with van der Waals surface area (Å²) in [7, 11) is 0. The summed E-state index contributed by atoms with van der Waals surface area (Å²) in [5.41, 5.74) is 7.86. The van der Waals surface area contributed by atoms with Crippen LogP contribution in [0, 0.1) is 0 Å². The summed E-state index contributed by atoms with van der Waals surface area (Å²) < 4.78 is 0. The van der Waals surface area contributed by atoms with Crippen molar-refractivity contribution in [1.29, 1.82) is 0 Å². The van der Waals surface area contributed by atoms with Crippen LogP contribution < -0.4 is 5.73 Å². The van der Waals surface area contributed by atoms with Gasteiger partial charge in [0, 0.05) is 5.69 Å². The van der Waals surface area contributed by atoms with Gasteiger partial charge in [-0.05, 0) is 17.5 Å². The van der Waals surface area contributed by atoms with Crippen LogP contribution >= 0.6 is 0 Å². The van der Waals surface area contributed by atoms with E-state index in [1.54, 1.807) is 0 Å². The average Bonchev–Trinajstić information content (AvgIpc) is 2.90. The topological polar surface area (TPSA) is 26.0 Å². The zero-order chi connectivity index (χ0) is 9.68.